The molecule has 5 heteroatoms. The van der Waals surface area contributed by atoms with Crippen LogP contribution in [0.5, 0.6) is 11.5 Å². The van der Waals surface area contributed by atoms with Gasteiger partial charge in [-0.2, -0.15) is 0 Å². The molecule has 1 aliphatic rings. The molecule has 0 bridgehead atoms. The minimum Gasteiger partial charge on any atom is -0.486 e. The van der Waals surface area contributed by atoms with Crippen LogP contribution in [0.2, 0.25) is 5.02 Å². The smallest absolute Gasteiger partial charge is 0.196 e. The van der Waals surface area contributed by atoms with Crippen LogP contribution in [0.3, 0.4) is 0 Å². The zero-order valence-electron chi connectivity index (χ0n) is 12.1. The van der Waals surface area contributed by atoms with Gasteiger partial charge in [-0.3, -0.25) is 9.78 Å². The fraction of sp³-hybridized carbons (Fsp3) is 0.111. The van der Waals surface area contributed by atoms with Gasteiger partial charge in [-0.15, -0.1) is 0 Å². The van der Waals surface area contributed by atoms with Crippen LogP contribution >= 0.6 is 11.6 Å². The van der Waals surface area contributed by atoms with Crippen molar-refractivity contribution in [3.8, 4) is 11.5 Å². The Morgan fingerprint density at radius 2 is 1.74 bits per heavy atom. The van der Waals surface area contributed by atoms with E-state index < -0.39 is 0 Å². The highest BCUT2D eigenvalue weighted by Gasteiger charge is 2.19. The molecule has 0 unspecified atom stereocenters. The van der Waals surface area contributed by atoms with Crippen molar-refractivity contribution in [1.82, 2.24) is 4.98 Å². The molecule has 0 aliphatic carbocycles. The molecule has 3 aromatic rings. The van der Waals surface area contributed by atoms with Crippen molar-refractivity contribution in [2.45, 2.75) is 0 Å². The average Bonchev–Trinajstić information content (AvgIpc) is 2.61. The Balaban J connectivity index is 1.86. The average molecular weight is 326 g/mol. The molecule has 0 spiro atoms. The summed E-state index contributed by atoms with van der Waals surface area (Å²) in [5.41, 5.74) is 1.62. The standard InChI is InChI=1S/C18H12ClNO3/c19-17-12-8-15-16(23-7-6-22-15)9-14(12)20-10-13(17)18(21)11-4-2-1-3-5-11/h1-5,8-10H,6-7H2. The number of carbonyl (C=O) groups is 1. The molecule has 0 fully saturated rings. The highest BCUT2D eigenvalue weighted by atomic mass is 35.5. The first-order chi connectivity index (χ1) is 11.2. The summed E-state index contributed by atoms with van der Waals surface area (Å²) in [6.07, 6.45) is 1.51. The van der Waals surface area contributed by atoms with Crippen molar-refractivity contribution in [1.29, 1.82) is 0 Å². The summed E-state index contributed by atoms with van der Waals surface area (Å²) >= 11 is 6.47. The summed E-state index contributed by atoms with van der Waals surface area (Å²) in [6, 6.07) is 12.6. The Morgan fingerprint density at radius 3 is 2.48 bits per heavy atom. The van der Waals surface area contributed by atoms with Gasteiger partial charge in [0.05, 0.1) is 16.1 Å². The largest absolute Gasteiger partial charge is 0.486 e. The molecule has 2 aromatic carbocycles. The maximum Gasteiger partial charge on any atom is 0.196 e. The summed E-state index contributed by atoms with van der Waals surface area (Å²) in [7, 11) is 0. The first-order valence-electron chi connectivity index (χ1n) is 7.21. The van der Waals surface area contributed by atoms with Gasteiger partial charge in [0.15, 0.2) is 17.3 Å². The van der Waals surface area contributed by atoms with Gasteiger partial charge < -0.3 is 9.47 Å². The zero-order chi connectivity index (χ0) is 15.8. The summed E-state index contributed by atoms with van der Waals surface area (Å²) < 4.78 is 11.1. The van der Waals surface area contributed by atoms with Gasteiger partial charge >= 0.3 is 0 Å². The van der Waals surface area contributed by atoms with E-state index in [1.807, 2.05) is 18.2 Å². The molecule has 0 saturated heterocycles. The number of ether oxygens (including phenoxy) is 2. The van der Waals surface area contributed by atoms with Crippen molar-refractivity contribution >= 4 is 28.3 Å². The second kappa shape index (κ2) is 5.56. The van der Waals surface area contributed by atoms with E-state index in [2.05, 4.69) is 4.98 Å². The number of aromatic nitrogens is 1. The normalized spacial score (nSPS) is 13.1. The molecule has 0 amide bonds. The molecular formula is C18H12ClNO3. The van der Waals surface area contributed by atoms with Crippen LogP contribution in [0.15, 0.2) is 48.7 Å². The Hall–Kier alpha value is -2.59. The Labute approximate surface area is 137 Å². The van der Waals surface area contributed by atoms with Gasteiger partial charge in [0.1, 0.15) is 13.2 Å². The van der Waals surface area contributed by atoms with Crippen LogP contribution in [0, 0.1) is 0 Å². The number of ketones is 1. The lowest BCUT2D eigenvalue weighted by Gasteiger charge is -2.19. The number of fused-ring (bicyclic) bond motifs is 2. The molecule has 114 valence electrons. The minimum absolute atomic E-state index is 0.153. The zero-order valence-corrected chi connectivity index (χ0v) is 12.8. The maximum atomic E-state index is 12.6. The van der Waals surface area contributed by atoms with E-state index >= 15 is 0 Å². The second-order valence-corrected chi connectivity index (χ2v) is 5.57. The number of halogens is 1. The van der Waals surface area contributed by atoms with Crippen LogP contribution in [0.1, 0.15) is 15.9 Å². The summed E-state index contributed by atoms with van der Waals surface area (Å²) in [4.78, 5) is 17.0. The topological polar surface area (TPSA) is 48.4 Å². The number of pyridine rings is 1. The number of rotatable bonds is 2. The van der Waals surface area contributed by atoms with Gasteiger partial charge in [-0.25, -0.2) is 0 Å². The van der Waals surface area contributed by atoms with E-state index in [4.69, 9.17) is 21.1 Å². The van der Waals surface area contributed by atoms with Crippen LogP contribution in [-0.2, 0) is 0 Å². The quantitative estimate of drug-likeness (QED) is 0.671. The molecular weight excluding hydrogens is 314 g/mol. The summed E-state index contributed by atoms with van der Waals surface area (Å²) in [5.74, 6) is 1.12. The van der Waals surface area contributed by atoms with Crippen LogP contribution in [0.25, 0.3) is 10.9 Å². The Morgan fingerprint density at radius 1 is 1.04 bits per heavy atom. The molecule has 0 atom stereocenters. The SMILES string of the molecule is O=C(c1ccccc1)c1cnc2cc3c(cc2c1Cl)OCCO3. The third-order valence-corrected chi connectivity index (χ3v) is 4.15. The van der Waals surface area contributed by atoms with Crippen molar-refractivity contribution in [2.24, 2.45) is 0 Å². The Bertz CT molecular complexity index is 909. The van der Waals surface area contributed by atoms with Crippen molar-refractivity contribution < 1.29 is 14.3 Å². The van der Waals surface area contributed by atoms with E-state index in [-0.39, 0.29) is 5.78 Å². The molecule has 1 aromatic heterocycles. The number of nitrogens with zero attached hydrogens (tertiary/aromatic N) is 1. The minimum atomic E-state index is -0.153. The maximum absolute atomic E-state index is 12.6. The Kier molecular flexibility index (Phi) is 3.39. The van der Waals surface area contributed by atoms with Crippen LogP contribution < -0.4 is 9.47 Å². The molecule has 23 heavy (non-hydrogen) atoms. The van der Waals surface area contributed by atoms with Crippen LogP contribution in [-0.4, -0.2) is 24.0 Å². The highest BCUT2D eigenvalue weighted by molar-refractivity contribution is 6.39. The lowest BCUT2D eigenvalue weighted by Crippen LogP contribution is -2.15. The molecule has 4 nitrogen and oxygen atoms in total. The van der Waals surface area contributed by atoms with Crippen molar-refractivity contribution in [2.75, 3.05) is 13.2 Å². The number of hydrogen-bond acceptors (Lipinski definition) is 4. The van der Waals surface area contributed by atoms with Crippen molar-refractivity contribution in [3.05, 3.63) is 64.8 Å². The first kappa shape index (κ1) is 14.0. The van der Waals surface area contributed by atoms with E-state index in [0.717, 1.165) is 0 Å². The third-order valence-electron chi connectivity index (χ3n) is 3.75. The van der Waals surface area contributed by atoms with Gasteiger partial charge in [-0.1, -0.05) is 41.9 Å². The molecule has 0 radical (unpaired) electrons. The third kappa shape index (κ3) is 2.41. The van der Waals surface area contributed by atoms with Gasteiger partial charge in [0.2, 0.25) is 0 Å². The van der Waals surface area contributed by atoms with Gasteiger partial charge in [0.25, 0.3) is 0 Å². The molecule has 0 saturated carbocycles. The summed E-state index contributed by atoms with van der Waals surface area (Å²) in [6.45, 7) is 1.00. The number of carbonyl (C=O) groups excluding carboxylic acids is 1. The predicted octanol–water partition coefficient (Wildman–Crippen LogP) is 3.89. The highest BCUT2D eigenvalue weighted by Crippen LogP contribution is 2.37. The molecule has 2 heterocycles. The van der Waals surface area contributed by atoms with E-state index in [0.29, 0.717) is 51.8 Å². The molecule has 0 N–H and O–H groups in total. The summed E-state index contributed by atoms with van der Waals surface area (Å²) in [5, 5.41) is 1.05. The fourth-order valence-electron chi connectivity index (χ4n) is 2.60. The number of benzene rings is 2. The van der Waals surface area contributed by atoms with E-state index in [9.17, 15) is 4.79 Å². The lowest BCUT2D eigenvalue weighted by molar-refractivity contribution is 0.103. The predicted molar refractivity (Wildman–Crippen MR) is 87.6 cm³/mol. The fourth-order valence-corrected chi connectivity index (χ4v) is 2.89. The van der Waals surface area contributed by atoms with Crippen molar-refractivity contribution in [3.63, 3.8) is 0 Å². The second-order valence-electron chi connectivity index (χ2n) is 5.19. The van der Waals surface area contributed by atoms with Gasteiger partial charge in [-0.05, 0) is 6.07 Å². The lowest BCUT2D eigenvalue weighted by atomic mass is 10.0. The first-order valence-corrected chi connectivity index (χ1v) is 7.59. The van der Waals surface area contributed by atoms with E-state index in [1.165, 1.54) is 6.20 Å². The monoisotopic (exact) mass is 325 g/mol. The number of hydrogen-bond donors (Lipinski definition) is 0. The van der Waals surface area contributed by atoms with E-state index in [1.54, 1.807) is 24.3 Å². The van der Waals surface area contributed by atoms with Gasteiger partial charge in [0, 0.05) is 23.2 Å². The molecule has 4 rings (SSSR count). The molecule has 1 aliphatic heterocycles. The van der Waals surface area contributed by atoms with Crippen LogP contribution in [0.4, 0.5) is 0 Å².